The van der Waals surface area contributed by atoms with Gasteiger partial charge in [0.1, 0.15) is 5.25 Å². The van der Waals surface area contributed by atoms with E-state index in [9.17, 15) is 14.9 Å². The number of nitro groups is 1. The van der Waals surface area contributed by atoms with Crippen molar-refractivity contribution in [3.05, 3.63) is 27.9 Å². The van der Waals surface area contributed by atoms with Crippen LogP contribution in [-0.4, -0.2) is 26.2 Å². The normalized spacial score (nSPS) is 12.1. The first-order valence-corrected chi connectivity index (χ1v) is 5.84. The van der Waals surface area contributed by atoms with Crippen LogP contribution in [0.15, 0.2) is 17.3 Å². The van der Waals surface area contributed by atoms with E-state index >= 15 is 0 Å². The molecule has 0 aliphatic rings. The average molecular weight is 256 g/mol. The van der Waals surface area contributed by atoms with Crippen molar-refractivity contribution in [2.45, 2.75) is 30.5 Å². The Kier molecular flexibility index (Phi) is 4.45. The molecular weight excluding hydrogens is 244 g/mol. The van der Waals surface area contributed by atoms with Gasteiger partial charge in [-0.15, -0.1) is 0 Å². The Morgan fingerprint density at radius 1 is 1.71 bits per heavy atom. The summed E-state index contributed by atoms with van der Waals surface area (Å²) in [6.45, 7) is 3.32. The predicted molar refractivity (Wildman–Crippen MR) is 63.2 cm³/mol. The number of aryl methyl sites for hydroxylation is 1. The number of carboxylic acids is 1. The van der Waals surface area contributed by atoms with Gasteiger partial charge in [-0.25, -0.2) is 4.98 Å². The topological polar surface area (TPSA) is 93.3 Å². The van der Waals surface area contributed by atoms with Crippen molar-refractivity contribution in [3.8, 4) is 0 Å². The van der Waals surface area contributed by atoms with Crippen LogP contribution < -0.4 is 0 Å². The van der Waals surface area contributed by atoms with Gasteiger partial charge in [0.25, 0.3) is 0 Å². The summed E-state index contributed by atoms with van der Waals surface area (Å²) in [5, 5.41) is 19.2. The van der Waals surface area contributed by atoms with Crippen molar-refractivity contribution < 1.29 is 14.8 Å². The number of aliphatic carboxylic acids is 1. The molecule has 0 aliphatic heterocycles. The molecule has 1 atom stereocenters. The van der Waals surface area contributed by atoms with Crippen LogP contribution in [0.2, 0.25) is 0 Å². The minimum Gasteiger partial charge on any atom is -0.480 e. The van der Waals surface area contributed by atoms with Gasteiger partial charge < -0.3 is 5.11 Å². The van der Waals surface area contributed by atoms with Crippen molar-refractivity contribution in [2.24, 2.45) is 0 Å². The second kappa shape index (κ2) is 5.62. The number of carbonyl (C=O) groups is 1. The Hall–Kier alpha value is -1.63. The molecule has 0 aliphatic carbocycles. The van der Waals surface area contributed by atoms with Crippen LogP contribution in [0, 0.1) is 17.0 Å². The highest BCUT2D eigenvalue weighted by molar-refractivity contribution is 8.00. The Balaban J connectivity index is 3.10. The van der Waals surface area contributed by atoms with Crippen molar-refractivity contribution in [1.82, 2.24) is 4.98 Å². The molecule has 0 aromatic carbocycles. The zero-order valence-electron chi connectivity index (χ0n) is 9.41. The van der Waals surface area contributed by atoms with Crippen LogP contribution in [-0.2, 0) is 4.79 Å². The molecule has 17 heavy (non-hydrogen) atoms. The average Bonchev–Trinajstić information content (AvgIpc) is 2.24. The summed E-state index contributed by atoms with van der Waals surface area (Å²) in [7, 11) is 0. The van der Waals surface area contributed by atoms with E-state index in [4.69, 9.17) is 5.11 Å². The Morgan fingerprint density at radius 2 is 2.35 bits per heavy atom. The zero-order chi connectivity index (χ0) is 13.0. The molecule has 0 amide bonds. The second-order valence-corrected chi connectivity index (χ2v) is 4.58. The Labute approximate surface area is 102 Å². The minimum atomic E-state index is -0.991. The van der Waals surface area contributed by atoms with Gasteiger partial charge in [-0.05, 0) is 19.4 Å². The molecule has 0 saturated heterocycles. The molecule has 1 rings (SSSR count). The first-order valence-electron chi connectivity index (χ1n) is 4.96. The lowest BCUT2D eigenvalue weighted by Gasteiger charge is -2.09. The molecule has 92 valence electrons. The van der Waals surface area contributed by atoms with E-state index < -0.39 is 16.1 Å². The summed E-state index contributed by atoms with van der Waals surface area (Å²) in [5.74, 6) is -0.991. The lowest BCUT2D eigenvalue weighted by Crippen LogP contribution is -2.15. The van der Waals surface area contributed by atoms with Gasteiger partial charge in [0.2, 0.25) is 0 Å². The van der Waals surface area contributed by atoms with E-state index in [1.165, 1.54) is 12.3 Å². The van der Waals surface area contributed by atoms with E-state index in [1.807, 2.05) is 0 Å². The van der Waals surface area contributed by atoms with Crippen LogP contribution in [0.25, 0.3) is 0 Å². The van der Waals surface area contributed by atoms with Gasteiger partial charge in [0, 0.05) is 11.8 Å². The van der Waals surface area contributed by atoms with Gasteiger partial charge in [-0.3, -0.25) is 14.9 Å². The second-order valence-electron chi connectivity index (χ2n) is 3.39. The summed E-state index contributed by atoms with van der Waals surface area (Å²) < 4.78 is 0. The third-order valence-corrected chi connectivity index (χ3v) is 3.52. The maximum absolute atomic E-state index is 10.9. The van der Waals surface area contributed by atoms with Crippen molar-refractivity contribution in [2.75, 3.05) is 0 Å². The van der Waals surface area contributed by atoms with E-state index in [2.05, 4.69) is 4.98 Å². The minimum absolute atomic E-state index is 0.114. The molecule has 1 N–H and O–H groups in total. The molecule has 1 unspecified atom stereocenters. The molecule has 7 heteroatoms. The first kappa shape index (κ1) is 13.4. The van der Waals surface area contributed by atoms with Gasteiger partial charge in [-0.1, -0.05) is 18.7 Å². The van der Waals surface area contributed by atoms with Gasteiger partial charge in [0.15, 0.2) is 5.03 Å². The Bertz CT molecular complexity index is 450. The number of aromatic nitrogens is 1. The van der Waals surface area contributed by atoms with Gasteiger partial charge in [0.05, 0.1) is 4.92 Å². The molecule has 1 heterocycles. The summed E-state index contributed by atoms with van der Waals surface area (Å²) in [4.78, 5) is 25.1. The van der Waals surface area contributed by atoms with E-state index in [0.29, 0.717) is 12.0 Å². The molecule has 0 fully saturated rings. The summed E-state index contributed by atoms with van der Waals surface area (Å²) in [6, 6.07) is 1.53. The van der Waals surface area contributed by atoms with Gasteiger partial charge in [-0.2, -0.15) is 0 Å². The highest BCUT2D eigenvalue weighted by Gasteiger charge is 2.25. The lowest BCUT2D eigenvalue weighted by atomic mass is 10.3. The molecule has 6 nitrogen and oxygen atoms in total. The molecule has 1 aromatic rings. The van der Waals surface area contributed by atoms with Crippen LogP contribution in [0.5, 0.6) is 0 Å². The maximum Gasteiger partial charge on any atom is 0.317 e. The molecule has 0 bridgehead atoms. The lowest BCUT2D eigenvalue weighted by molar-refractivity contribution is -0.388. The molecule has 1 aromatic heterocycles. The summed E-state index contributed by atoms with van der Waals surface area (Å²) >= 11 is 0.914. The fourth-order valence-electron chi connectivity index (χ4n) is 1.28. The number of hydrogen-bond donors (Lipinski definition) is 1. The van der Waals surface area contributed by atoms with E-state index in [0.717, 1.165) is 11.8 Å². The summed E-state index contributed by atoms with van der Waals surface area (Å²) in [6.07, 6.45) is 1.83. The van der Waals surface area contributed by atoms with Crippen LogP contribution >= 0.6 is 11.8 Å². The van der Waals surface area contributed by atoms with Crippen LogP contribution in [0.3, 0.4) is 0 Å². The highest BCUT2D eigenvalue weighted by Crippen LogP contribution is 2.33. The third kappa shape index (κ3) is 3.16. The number of nitrogens with zero attached hydrogens (tertiary/aromatic N) is 2. The number of hydrogen-bond acceptors (Lipinski definition) is 5. The van der Waals surface area contributed by atoms with E-state index in [-0.39, 0.29) is 10.7 Å². The highest BCUT2D eigenvalue weighted by atomic mass is 32.2. The standard InChI is InChI=1S/C10H12N2O4S/c1-3-7(10(13)14)17-9-8(12(15)16)6(2)4-5-11-9/h4-5,7H,3H2,1-2H3,(H,13,14). The van der Waals surface area contributed by atoms with E-state index in [1.54, 1.807) is 13.8 Å². The van der Waals surface area contributed by atoms with Crippen LogP contribution in [0.1, 0.15) is 18.9 Å². The number of pyridine rings is 1. The fourth-order valence-corrected chi connectivity index (χ4v) is 2.28. The maximum atomic E-state index is 10.9. The zero-order valence-corrected chi connectivity index (χ0v) is 10.2. The third-order valence-electron chi connectivity index (χ3n) is 2.18. The fraction of sp³-hybridized carbons (Fsp3) is 0.400. The molecular formula is C10H12N2O4S. The Morgan fingerprint density at radius 3 is 2.82 bits per heavy atom. The SMILES string of the molecule is CCC(Sc1nccc(C)c1[N+](=O)[O-])C(=O)O. The smallest absolute Gasteiger partial charge is 0.317 e. The predicted octanol–water partition coefficient (Wildman–Crippen LogP) is 2.25. The van der Waals surface area contributed by atoms with Crippen LogP contribution in [0.4, 0.5) is 5.69 Å². The molecule has 0 spiro atoms. The summed E-state index contributed by atoms with van der Waals surface area (Å²) in [5.41, 5.74) is 0.366. The number of carboxylic acid groups (broad SMARTS) is 1. The molecule has 0 radical (unpaired) electrons. The quantitative estimate of drug-likeness (QED) is 0.493. The number of rotatable bonds is 5. The number of thioether (sulfide) groups is 1. The molecule has 0 saturated carbocycles. The monoisotopic (exact) mass is 256 g/mol. The first-order chi connectivity index (χ1) is 7.97. The van der Waals surface area contributed by atoms with Crippen molar-refractivity contribution in [3.63, 3.8) is 0 Å². The largest absolute Gasteiger partial charge is 0.480 e. The van der Waals surface area contributed by atoms with Crippen molar-refractivity contribution in [1.29, 1.82) is 0 Å². The van der Waals surface area contributed by atoms with Crippen molar-refractivity contribution >= 4 is 23.4 Å². The van der Waals surface area contributed by atoms with Gasteiger partial charge >= 0.3 is 11.7 Å².